The molecular weight excluding hydrogens is 360 g/mol. The van der Waals surface area contributed by atoms with Crippen molar-refractivity contribution in [1.29, 1.82) is 0 Å². The summed E-state index contributed by atoms with van der Waals surface area (Å²) in [4.78, 5) is 24.1. The predicted molar refractivity (Wildman–Crippen MR) is 104 cm³/mol. The van der Waals surface area contributed by atoms with E-state index in [1.807, 2.05) is 37.3 Å². The number of amides is 2. The van der Waals surface area contributed by atoms with E-state index in [0.717, 1.165) is 5.56 Å². The first-order valence-electron chi connectivity index (χ1n) is 8.82. The molecule has 7 heteroatoms. The molecule has 0 spiro atoms. The number of carbonyl (C=O) groups is 2. The number of aliphatic hydroxyl groups is 1. The summed E-state index contributed by atoms with van der Waals surface area (Å²) < 4.78 is 11.7. The summed E-state index contributed by atoms with van der Waals surface area (Å²) in [5.41, 5.74) is 12.8. The van der Waals surface area contributed by atoms with Crippen LogP contribution in [-0.2, 0) is 4.79 Å². The second-order valence-electron chi connectivity index (χ2n) is 6.56. The molecule has 0 radical (unpaired) electrons. The number of hydrogen-bond donors (Lipinski definition) is 3. The molecule has 2 amide bonds. The van der Waals surface area contributed by atoms with Gasteiger partial charge in [0.05, 0.1) is 18.1 Å². The highest BCUT2D eigenvalue weighted by Gasteiger charge is 2.30. The third kappa shape index (κ3) is 3.44. The SMILES string of the molecule is Cc1oc2ccc(OC(C)c3ccccc3)c(C(CO)C(N)=O)c2c1C(N)=O. The van der Waals surface area contributed by atoms with Gasteiger partial charge in [0, 0.05) is 10.9 Å². The molecule has 0 saturated carbocycles. The number of fused-ring (bicyclic) bond motifs is 1. The van der Waals surface area contributed by atoms with Gasteiger partial charge in [0.25, 0.3) is 5.91 Å². The largest absolute Gasteiger partial charge is 0.486 e. The normalized spacial score (nSPS) is 13.2. The zero-order chi connectivity index (χ0) is 20.4. The van der Waals surface area contributed by atoms with Crippen molar-refractivity contribution in [3.63, 3.8) is 0 Å². The summed E-state index contributed by atoms with van der Waals surface area (Å²) in [6, 6.07) is 12.8. The summed E-state index contributed by atoms with van der Waals surface area (Å²) in [7, 11) is 0. The average Bonchev–Trinajstić information content (AvgIpc) is 3.00. The standard InChI is InChI=1S/C21H22N2O5/c1-11(13-6-4-3-5-7-13)27-15-8-9-16-19(17(21(23)26)12(2)28-16)18(15)14(10-24)20(22)25/h3-9,11,14,24H,10H2,1-2H3,(H2,22,25)(H2,23,26). The molecule has 28 heavy (non-hydrogen) atoms. The first-order valence-corrected chi connectivity index (χ1v) is 8.82. The summed E-state index contributed by atoms with van der Waals surface area (Å²) >= 11 is 0. The Labute approximate surface area is 161 Å². The zero-order valence-corrected chi connectivity index (χ0v) is 15.6. The zero-order valence-electron chi connectivity index (χ0n) is 15.6. The Kier molecular flexibility index (Phi) is 5.37. The lowest BCUT2D eigenvalue weighted by molar-refractivity contribution is -0.120. The lowest BCUT2D eigenvalue weighted by Gasteiger charge is -2.21. The number of aryl methyl sites for hydroxylation is 1. The van der Waals surface area contributed by atoms with Gasteiger partial charge in [-0.05, 0) is 31.5 Å². The van der Waals surface area contributed by atoms with Crippen LogP contribution in [0.15, 0.2) is 46.9 Å². The van der Waals surface area contributed by atoms with Crippen LogP contribution in [0.4, 0.5) is 0 Å². The maximum Gasteiger partial charge on any atom is 0.252 e. The van der Waals surface area contributed by atoms with E-state index in [-0.39, 0.29) is 11.7 Å². The molecule has 0 aliphatic rings. The van der Waals surface area contributed by atoms with Crippen molar-refractivity contribution in [3.05, 3.63) is 64.9 Å². The highest BCUT2D eigenvalue weighted by Crippen LogP contribution is 2.40. The summed E-state index contributed by atoms with van der Waals surface area (Å²) in [5.74, 6) is -1.90. The van der Waals surface area contributed by atoms with Crippen molar-refractivity contribution in [2.45, 2.75) is 25.9 Å². The van der Waals surface area contributed by atoms with E-state index in [0.29, 0.717) is 28.0 Å². The van der Waals surface area contributed by atoms with Gasteiger partial charge in [-0.2, -0.15) is 0 Å². The van der Waals surface area contributed by atoms with Gasteiger partial charge < -0.3 is 25.7 Å². The van der Waals surface area contributed by atoms with Crippen LogP contribution in [0.25, 0.3) is 11.0 Å². The fourth-order valence-corrected chi connectivity index (χ4v) is 3.37. The summed E-state index contributed by atoms with van der Waals surface area (Å²) in [5, 5.41) is 10.2. The van der Waals surface area contributed by atoms with E-state index >= 15 is 0 Å². The van der Waals surface area contributed by atoms with Crippen LogP contribution in [-0.4, -0.2) is 23.5 Å². The molecule has 1 aromatic heterocycles. The first kappa shape index (κ1) is 19.4. The van der Waals surface area contributed by atoms with E-state index < -0.39 is 24.3 Å². The van der Waals surface area contributed by atoms with E-state index in [2.05, 4.69) is 0 Å². The van der Waals surface area contributed by atoms with Crippen LogP contribution in [0.3, 0.4) is 0 Å². The number of benzene rings is 2. The molecule has 2 atom stereocenters. The van der Waals surface area contributed by atoms with E-state index in [1.165, 1.54) is 0 Å². The van der Waals surface area contributed by atoms with Gasteiger partial charge in [0.2, 0.25) is 5.91 Å². The van der Waals surface area contributed by atoms with Gasteiger partial charge in [0.1, 0.15) is 23.2 Å². The number of nitrogens with two attached hydrogens (primary N) is 2. The van der Waals surface area contributed by atoms with Crippen molar-refractivity contribution in [2.75, 3.05) is 6.61 Å². The Morgan fingerprint density at radius 2 is 1.82 bits per heavy atom. The van der Waals surface area contributed by atoms with Crippen LogP contribution < -0.4 is 16.2 Å². The number of carbonyl (C=O) groups excluding carboxylic acids is 2. The number of aliphatic hydroxyl groups excluding tert-OH is 1. The van der Waals surface area contributed by atoms with Crippen molar-refractivity contribution in [3.8, 4) is 5.75 Å². The molecule has 2 aromatic carbocycles. The molecule has 0 bridgehead atoms. The van der Waals surface area contributed by atoms with Gasteiger partial charge in [-0.25, -0.2) is 0 Å². The van der Waals surface area contributed by atoms with E-state index in [1.54, 1.807) is 19.1 Å². The van der Waals surface area contributed by atoms with Crippen LogP contribution >= 0.6 is 0 Å². The Morgan fingerprint density at radius 3 is 2.39 bits per heavy atom. The number of hydrogen-bond acceptors (Lipinski definition) is 5. The minimum absolute atomic E-state index is 0.141. The number of primary amides is 2. The van der Waals surface area contributed by atoms with Crippen molar-refractivity contribution < 1.29 is 23.8 Å². The topological polar surface area (TPSA) is 129 Å². The maximum atomic E-state index is 12.0. The second kappa shape index (κ2) is 7.74. The Morgan fingerprint density at radius 1 is 1.14 bits per heavy atom. The minimum atomic E-state index is -1.09. The molecule has 3 aromatic rings. The van der Waals surface area contributed by atoms with Crippen LogP contribution in [0.2, 0.25) is 0 Å². The quantitative estimate of drug-likeness (QED) is 0.578. The average molecular weight is 382 g/mol. The molecule has 0 fully saturated rings. The molecule has 5 N–H and O–H groups in total. The summed E-state index contributed by atoms with van der Waals surface area (Å²) in [6.07, 6.45) is -0.352. The van der Waals surface area contributed by atoms with Gasteiger partial charge in [0.15, 0.2) is 0 Å². The fourth-order valence-electron chi connectivity index (χ4n) is 3.37. The molecule has 0 aliphatic heterocycles. The van der Waals surface area contributed by atoms with Gasteiger partial charge >= 0.3 is 0 Å². The first-order chi connectivity index (χ1) is 13.3. The molecule has 7 nitrogen and oxygen atoms in total. The van der Waals surface area contributed by atoms with Crippen molar-refractivity contribution >= 4 is 22.8 Å². The highest BCUT2D eigenvalue weighted by molar-refractivity contribution is 6.09. The molecule has 2 unspecified atom stereocenters. The maximum absolute atomic E-state index is 12.0. The molecule has 1 heterocycles. The van der Waals surface area contributed by atoms with E-state index in [4.69, 9.17) is 20.6 Å². The van der Waals surface area contributed by atoms with Gasteiger partial charge in [-0.3, -0.25) is 9.59 Å². The van der Waals surface area contributed by atoms with E-state index in [9.17, 15) is 14.7 Å². The third-order valence-electron chi connectivity index (χ3n) is 4.73. The Hall–Kier alpha value is -3.32. The lowest BCUT2D eigenvalue weighted by atomic mass is 9.92. The molecular formula is C21H22N2O5. The molecule has 3 rings (SSSR count). The molecule has 146 valence electrons. The highest BCUT2D eigenvalue weighted by atomic mass is 16.5. The predicted octanol–water partition coefficient (Wildman–Crippen LogP) is 2.54. The third-order valence-corrected chi connectivity index (χ3v) is 4.73. The Balaban J connectivity index is 2.23. The van der Waals surface area contributed by atoms with Crippen molar-refractivity contribution in [1.82, 2.24) is 0 Å². The number of ether oxygens (including phenoxy) is 1. The monoisotopic (exact) mass is 382 g/mol. The van der Waals surface area contributed by atoms with Crippen LogP contribution in [0, 0.1) is 6.92 Å². The molecule has 0 saturated heterocycles. The summed E-state index contributed by atoms with van der Waals surface area (Å²) in [6.45, 7) is 2.92. The Bertz CT molecular complexity index is 1030. The molecule has 0 aliphatic carbocycles. The minimum Gasteiger partial charge on any atom is -0.486 e. The lowest BCUT2D eigenvalue weighted by Crippen LogP contribution is -2.25. The smallest absolute Gasteiger partial charge is 0.252 e. The van der Waals surface area contributed by atoms with Crippen LogP contribution in [0.1, 0.15) is 46.2 Å². The fraction of sp³-hybridized carbons (Fsp3) is 0.238. The van der Waals surface area contributed by atoms with Gasteiger partial charge in [-0.15, -0.1) is 0 Å². The van der Waals surface area contributed by atoms with Crippen molar-refractivity contribution in [2.24, 2.45) is 11.5 Å². The second-order valence-corrected chi connectivity index (χ2v) is 6.56. The van der Waals surface area contributed by atoms with Crippen LogP contribution in [0.5, 0.6) is 5.75 Å². The number of rotatable bonds is 7. The number of furan rings is 1. The van der Waals surface area contributed by atoms with Gasteiger partial charge in [-0.1, -0.05) is 30.3 Å².